The maximum Gasteiger partial charge on any atom is 0.263 e. The van der Waals surface area contributed by atoms with Gasteiger partial charge in [0.05, 0.1) is 4.90 Å². The summed E-state index contributed by atoms with van der Waals surface area (Å²) < 4.78 is 26.8. The third-order valence-electron chi connectivity index (χ3n) is 2.77. The molecular formula is C14H16N2O2S. The number of sulfonamides is 1. The minimum absolute atomic E-state index is 0.244. The first-order valence-corrected chi connectivity index (χ1v) is 7.55. The van der Waals surface area contributed by atoms with E-state index in [1.54, 1.807) is 24.3 Å². The molecule has 0 radical (unpaired) electrons. The molecule has 0 aliphatic carbocycles. The van der Waals surface area contributed by atoms with Gasteiger partial charge in [-0.3, -0.25) is 4.72 Å². The summed E-state index contributed by atoms with van der Waals surface area (Å²) in [6.07, 6.45) is 0.882. The summed E-state index contributed by atoms with van der Waals surface area (Å²) in [4.78, 5) is 4.37. The number of nitrogens with zero attached hydrogens (tertiary/aromatic N) is 1. The molecule has 0 saturated carbocycles. The van der Waals surface area contributed by atoms with Crippen LogP contribution in [-0.2, 0) is 16.4 Å². The van der Waals surface area contributed by atoms with E-state index in [1.807, 2.05) is 32.0 Å². The Morgan fingerprint density at radius 1 is 1.11 bits per heavy atom. The monoisotopic (exact) mass is 276 g/mol. The summed E-state index contributed by atoms with van der Waals surface area (Å²) in [5.74, 6) is 0.333. The van der Waals surface area contributed by atoms with Crippen LogP contribution in [0.5, 0.6) is 0 Å². The minimum atomic E-state index is -3.57. The van der Waals surface area contributed by atoms with E-state index in [0.717, 1.165) is 17.7 Å². The molecule has 4 nitrogen and oxygen atoms in total. The number of nitrogens with one attached hydrogen (secondary N) is 1. The van der Waals surface area contributed by atoms with Crippen molar-refractivity contribution in [3.05, 3.63) is 53.7 Å². The van der Waals surface area contributed by atoms with Crippen molar-refractivity contribution < 1.29 is 8.42 Å². The van der Waals surface area contributed by atoms with Gasteiger partial charge in [-0.25, -0.2) is 13.4 Å². The summed E-state index contributed by atoms with van der Waals surface area (Å²) in [5, 5.41) is 0. The average Bonchev–Trinajstić information content (AvgIpc) is 2.38. The number of pyridine rings is 1. The van der Waals surface area contributed by atoms with Crippen molar-refractivity contribution in [3.63, 3.8) is 0 Å². The van der Waals surface area contributed by atoms with Gasteiger partial charge in [0, 0.05) is 5.69 Å². The molecule has 0 amide bonds. The van der Waals surface area contributed by atoms with Crippen molar-refractivity contribution in [1.82, 2.24) is 4.98 Å². The number of hydrogen-bond acceptors (Lipinski definition) is 3. The normalized spacial score (nSPS) is 11.3. The topological polar surface area (TPSA) is 59.1 Å². The molecule has 0 saturated heterocycles. The summed E-state index contributed by atoms with van der Waals surface area (Å²) in [6, 6.07) is 12.1. The average molecular weight is 276 g/mol. The highest BCUT2D eigenvalue weighted by Crippen LogP contribution is 2.15. The van der Waals surface area contributed by atoms with Crippen LogP contribution in [0, 0.1) is 6.92 Å². The summed E-state index contributed by atoms with van der Waals surface area (Å²) in [6.45, 7) is 3.84. The Morgan fingerprint density at radius 2 is 1.79 bits per heavy atom. The van der Waals surface area contributed by atoms with Crippen molar-refractivity contribution >= 4 is 15.8 Å². The van der Waals surface area contributed by atoms with Crippen LogP contribution in [0.3, 0.4) is 0 Å². The van der Waals surface area contributed by atoms with Gasteiger partial charge in [0.1, 0.15) is 5.82 Å². The zero-order valence-electron chi connectivity index (χ0n) is 10.9. The van der Waals surface area contributed by atoms with Gasteiger partial charge in [0.25, 0.3) is 10.0 Å². The second kappa shape index (κ2) is 5.40. The smallest absolute Gasteiger partial charge is 0.263 e. The summed E-state index contributed by atoms with van der Waals surface area (Å²) in [5.41, 5.74) is 1.87. The highest BCUT2D eigenvalue weighted by atomic mass is 32.2. The molecule has 0 fully saturated rings. The first kappa shape index (κ1) is 13.5. The van der Waals surface area contributed by atoms with Gasteiger partial charge in [-0.05, 0) is 43.2 Å². The van der Waals surface area contributed by atoms with Gasteiger partial charge in [0.2, 0.25) is 0 Å². The van der Waals surface area contributed by atoms with Crippen molar-refractivity contribution in [2.75, 3.05) is 4.72 Å². The molecule has 100 valence electrons. The van der Waals surface area contributed by atoms with Crippen LogP contribution in [0.4, 0.5) is 5.82 Å². The number of hydrogen-bond donors (Lipinski definition) is 1. The van der Waals surface area contributed by atoms with Crippen LogP contribution in [-0.4, -0.2) is 13.4 Å². The third kappa shape index (κ3) is 3.32. The molecule has 5 heteroatoms. The number of benzene rings is 1. The molecule has 2 aromatic rings. The second-order valence-electron chi connectivity index (χ2n) is 4.27. The van der Waals surface area contributed by atoms with Crippen molar-refractivity contribution in [1.29, 1.82) is 0 Å². The van der Waals surface area contributed by atoms with Crippen LogP contribution >= 0.6 is 0 Å². The Morgan fingerprint density at radius 3 is 2.37 bits per heavy atom. The zero-order chi connectivity index (χ0) is 13.9. The first-order valence-electron chi connectivity index (χ1n) is 6.06. The van der Waals surface area contributed by atoms with E-state index < -0.39 is 10.0 Å². The molecule has 1 N–H and O–H groups in total. The van der Waals surface area contributed by atoms with E-state index in [-0.39, 0.29) is 4.90 Å². The van der Waals surface area contributed by atoms with Crippen molar-refractivity contribution in [3.8, 4) is 0 Å². The van der Waals surface area contributed by atoms with E-state index in [0.29, 0.717) is 5.82 Å². The number of aryl methyl sites for hydroxylation is 2. The lowest BCUT2D eigenvalue weighted by molar-refractivity contribution is 0.601. The molecule has 0 bridgehead atoms. The molecule has 19 heavy (non-hydrogen) atoms. The quantitative estimate of drug-likeness (QED) is 0.934. The van der Waals surface area contributed by atoms with Crippen LogP contribution in [0.2, 0.25) is 0 Å². The van der Waals surface area contributed by atoms with Gasteiger partial charge in [-0.2, -0.15) is 0 Å². The lowest BCUT2D eigenvalue weighted by atomic mass is 10.2. The fraction of sp³-hybridized carbons (Fsp3) is 0.214. The van der Waals surface area contributed by atoms with E-state index in [4.69, 9.17) is 0 Å². The maximum atomic E-state index is 12.2. The zero-order valence-corrected chi connectivity index (χ0v) is 11.7. The molecule has 1 aromatic carbocycles. The summed E-state index contributed by atoms with van der Waals surface area (Å²) in [7, 11) is -3.57. The maximum absolute atomic E-state index is 12.2. The van der Waals surface area contributed by atoms with Gasteiger partial charge in [-0.15, -0.1) is 0 Å². The minimum Gasteiger partial charge on any atom is -0.263 e. The summed E-state index contributed by atoms with van der Waals surface area (Å²) >= 11 is 0. The Hall–Kier alpha value is -1.88. The number of aromatic nitrogens is 1. The van der Waals surface area contributed by atoms with Crippen LogP contribution < -0.4 is 4.72 Å². The lowest BCUT2D eigenvalue weighted by Crippen LogP contribution is -2.14. The number of anilines is 1. The fourth-order valence-electron chi connectivity index (χ4n) is 1.70. The second-order valence-corrected chi connectivity index (χ2v) is 5.95. The standard InChI is InChI=1S/C14H16N2O2S/c1-3-12-7-9-13(10-8-12)19(17,18)16-14-6-4-5-11(2)15-14/h4-10H,3H2,1-2H3,(H,15,16). The molecular weight excluding hydrogens is 260 g/mol. The van der Waals surface area contributed by atoms with Gasteiger partial charge >= 0.3 is 0 Å². The highest BCUT2D eigenvalue weighted by molar-refractivity contribution is 7.92. The van der Waals surface area contributed by atoms with E-state index in [9.17, 15) is 8.42 Å². The van der Waals surface area contributed by atoms with Crippen molar-refractivity contribution in [2.24, 2.45) is 0 Å². The Balaban J connectivity index is 2.27. The van der Waals surface area contributed by atoms with Crippen LogP contribution in [0.1, 0.15) is 18.2 Å². The Bertz CT molecular complexity index is 664. The molecule has 0 aliphatic rings. The molecule has 1 aromatic heterocycles. The molecule has 2 rings (SSSR count). The van der Waals surface area contributed by atoms with Gasteiger partial charge in [-0.1, -0.05) is 25.1 Å². The predicted octanol–water partition coefficient (Wildman–Crippen LogP) is 2.75. The largest absolute Gasteiger partial charge is 0.263 e. The third-order valence-corrected chi connectivity index (χ3v) is 4.14. The molecule has 0 aliphatic heterocycles. The van der Waals surface area contributed by atoms with E-state index in [1.165, 1.54) is 0 Å². The van der Waals surface area contributed by atoms with Crippen LogP contribution in [0.15, 0.2) is 47.4 Å². The van der Waals surface area contributed by atoms with E-state index >= 15 is 0 Å². The SMILES string of the molecule is CCc1ccc(S(=O)(=O)Nc2cccc(C)n2)cc1. The Labute approximate surface area is 113 Å². The van der Waals surface area contributed by atoms with Crippen LogP contribution in [0.25, 0.3) is 0 Å². The molecule has 0 spiro atoms. The number of rotatable bonds is 4. The predicted molar refractivity (Wildman–Crippen MR) is 75.6 cm³/mol. The fourth-order valence-corrected chi connectivity index (χ4v) is 2.70. The van der Waals surface area contributed by atoms with Crippen molar-refractivity contribution in [2.45, 2.75) is 25.2 Å². The molecule has 0 atom stereocenters. The highest BCUT2D eigenvalue weighted by Gasteiger charge is 2.14. The van der Waals surface area contributed by atoms with E-state index in [2.05, 4.69) is 9.71 Å². The van der Waals surface area contributed by atoms with Gasteiger partial charge in [0.15, 0.2) is 0 Å². The Kier molecular flexibility index (Phi) is 3.85. The van der Waals surface area contributed by atoms with Gasteiger partial charge < -0.3 is 0 Å². The lowest BCUT2D eigenvalue weighted by Gasteiger charge is -2.08. The molecule has 0 unspecified atom stereocenters. The first-order chi connectivity index (χ1) is 9.01. The molecule has 1 heterocycles.